The highest BCUT2D eigenvalue weighted by molar-refractivity contribution is 5.95. The molecule has 2 aromatic carbocycles. The highest BCUT2D eigenvalue weighted by Crippen LogP contribution is 2.24. The summed E-state index contributed by atoms with van der Waals surface area (Å²) in [7, 11) is 0. The number of benzene rings is 2. The maximum absolute atomic E-state index is 7.37. The lowest BCUT2D eigenvalue weighted by Gasteiger charge is -1.99. The quantitative estimate of drug-likeness (QED) is 0.562. The van der Waals surface area contributed by atoms with E-state index in [2.05, 4.69) is 4.98 Å². The predicted octanol–water partition coefficient (Wildman–Crippen LogP) is 3.29. The standard InChI is InChI=1S/C16H13N3O/c17-15(18)12-6-8-13(9-7-12)16-19-14(10-20-16)11-4-2-1-3-5-11/h1-10H,(H3,17,18). The van der Waals surface area contributed by atoms with Gasteiger partial charge in [0.15, 0.2) is 0 Å². The second kappa shape index (κ2) is 5.01. The van der Waals surface area contributed by atoms with Gasteiger partial charge in [0.2, 0.25) is 5.89 Å². The van der Waals surface area contributed by atoms with Crippen LogP contribution < -0.4 is 5.73 Å². The van der Waals surface area contributed by atoms with E-state index in [1.54, 1.807) is 18.4 Å². The Balaban J connectivity index is 1.92. The molecule has 0 aliphatic carbocycles. The van der Waals surface area contributed by atoms with Crippen LogP contribution in [-0.2, 0) is 0 Å². The first kappa shape index (κ1) is 12.2. The molecular formula is C16H13N3O. The number of rotatable bonds is 3. The van der Waals surface area contributed by atoms with Crippen LogP contribution in [0.2, 0.25) is 0 Å². The first-order valence-corrected chi connectivity index (χ1v) is 6.20. The average Bonchev–Trinajstić information content (AvgIpc) is 2.98. The van der Waals surface area contributed by atoms with Gasteiger partial charge in [-0.3, -0.25) is 5.41 Å². The van der Waals surface area contributed by atoms with Gasteiger partial charge in [0.1, 0.15) is 17.8 Å². The average molecular weight is 263 g/mol. The van der Waals surface area contributed by atoms with Crippen molar-refractivity contribution >= 4 is 5.84 Å². The fraction of sp³-hybridized carbons (Fsp3) is 0. The lowest BCUT2D eigenvalue weighted by atomic mass is 10.1. The normalized spacial score (nSPS) is 10.4. The smallest absolute Gasteiger partial charge is 0.226 e. The van der Waals surface area contributed by atoms with E-state index < -0.39 is 0 Å². The summed E-state index contributed by atoms with van der Waals surface area (Å²) < 4.78 is 5.51. The minimum atomic E-state index is 0.0499. The first-order valence-electron chi connectivity index (χ1n) is 6.20. The van der Waals surface area contributed by atoms with Crippen LogP contribution in [0.25, 0.3) is 22.7 Å². The van der Waals surface area contributed by atoms with Gasteiger partial charge in [-0.1, -0.05) is 42.5 Å². The number of nitrogens with zero attached hydrogens (tertiary/aromatic N) is 1. The Morgan fingerprint density at radius 2 is 1.65 bits per heavy atom. The Kier molecular flexibility index (Phi) is 3.05. The zero-order valence-corrected chi connectivity index (χ0v) is 10.7. The summed E-state index contributed by atoms with van der Waals surface area (Å²) in [5.41, 5.74) is 8.79. The van der Waals surface area contributed by atoms with Gasteiger partial charge in [0.05, 0.1) is 0 Å². The van der Waals surface area contributed by atoms with Crippen molar-refractivity contribution in [2.45, 2.75) is 0 Å². The molecule has 0 aliphatic rings. The van der Waals surface area contributed by atoms with Crippen LogP contribution in [0.5, 0.6) is 0 Å². The van der Waals surface area contributed by atoms with Gasteiger partial charge < -0.3 is 10.2 Å². The molecule has 0 bridgehead atoms. The summed E-state index contributed by atoms with van der Waals surface area (Å²) in [6.45, 7) is 0. The largest absolute Gasteiger partial charge is 0.444 e. The summed E-state index contributed by atoms with van der Waals surface area (Å²) in [5, 5.41) is 7.37. The molecule has 0 spiro atoms. The lowest BCUT2D eigenvalue weighted by molar-refractivity contribution is 0.575. The Morgan fingerprint density at radius 3 is 2.30 bits per heavy atom. The van der Waals surface area contributed by atoms with Crippen LogP contribution in [-0.4, -0.2) is 10.8 Å². The zero-order valence-electron chi connectivity index (χ0n) is 10.7. The number of nitrogens with two attached hydrogens (primary N) is 1. The summed E-state index contributed by atoms with van der Waals surface area (Å²) >= 11 is 0. The molecule has 0 unspecified atom stereocenters. The van der Waals surface area contributed by atoms with Crippen molar-refractivity contribution in [1.29, 1.82) is 5.41 Å². The van der Waals surface area contributed by atoms with Crippen LogP contribution in [0.1, 0.15) is 5.56 Å². The third-order valence-electron chi connectivity index (χ3n) is 3.02. The summed E-state index contributed by atoms with van der Waals surface area (Å²) in [6, 6.07) is 17.1. The molecule has 3 N–H and O–H groups in total. The van der Waals surface area contributed by atoms with Crippen molar-refractivity contribution in [3.8, 4) is 22.7 Å². The fourth-order valence-corrected chi connectivity index (χ4v) is 1.94. The van der Waals surface area contributed by atoms with Crippen molar-refractivity contribution in [3.05, 3.63) is 66.4 Å². The van der Waals surface area contributed by atoms with Crippen molar-refractivity contribution in [2.75, 3.05) is 0 Å². The summed E-state index contributed by atoms with van der Waals surface area (Å²) in [6.07, 6.45) is 1.64. The minimum absolute atomic E-state index is 0.0499. The summed E-state index contributed by atoms with van der Waals surface area (Å²) in [5.74, 6) is 0.605. The van der Waals surface area contributed by atoms with E-state index in [0.717, 1.165) is 16.8 Å². The minimum Gasteiger partial charge on any atom is -0.444 e. The molecular weight excluding hydrogens is 250 g/mol. The van der Waals surface area contributed by atoms with Gasteiger partial charge in [-0.2, -0.15) is 0 Å². The van der Waals surface area contributed by atoms with Crippen molar-refractivity contribution in [1.82, 2.24) is 4.98 Å². The second-order valence-electron chi connectivity index (χ2n) is 4.39. The first-order chi connectivity index (χ1) is 9.74. The highest BCUT2D eigenvalue weighted by atomic mass is 16.3. The van der Waals surface area contributed by atoms with Crippen molar-refractivity contribution in [2.24, 2.45) is 5.73 Å². The van der Waals surface area contributed by atoms with Crippen LogP contribution in [0.3, 0.4) is 0 Å². The van der Waals surface area contributed by atoms with Crippen LogP contribution in [0, 0.1) is 5.41 Å². The molecule has 1 heterocycles. The molecule has 3 aromatic rings. The number of hydrogen-bond donors (Lipinski definition) is 2. The van der Waals surface area contributed by atoms with Gasteiger partial charge in [-0.25, -0.2) is 4.98 Å². The van der Waals surface area contributed by atoms with Gasteiger partial charge in [0, 0.05) is 16.7 Å². The van der Waals surface area contributed by atoms with Crippen molar-refractivity contribution < 1.29 is 4.42 Å². The Morgan fingerprint density at radius 1 is 0.950 bits per heavy atom. The SMILES string of the molecule is N=C(N)c1ccc(-c2nc(-c3ccccc3)co2)cc1. The number of nitrogen functional groups attached to an aromatic ring is 1. The lowest BCUT2D eigenvalue weighted by Crippen LogP contribution is -2.10. The molecule has 0 fully saturated rings. The molecule has 0 aliphatic heterocycles. The number of aromatic nitrogens is 1. The molecule has 98 valence electrons. The number of oxazole rings is 1. The molecule has 4 nitrogen and oxygen atoms in total. The number of amidine groups is 1. The van der Waals surface area contributed by atoms with Crippen LogP contribution in [0.4, 0.5) is 0 Å². The van der Waals surface area contributed by atoms with E-state index in [1.165, 1.54) is 0 Å². The van der Waals surface area contributed by atoms with E-state index in [-0.39, 0.29) is 5.84 Å². The maximum atomic E-state index is 7.37. The van der Waals surface area contributed by atoms with Gasteiger partial charge in [0.25, 0.3) is 0 Å². The topological polar surface area (TPSA) is 75.9 Å². The van der Waals surface area contributed by atoms with Gasteiger partial charge >= 0.3 is 0 Å². The number of nitrogens with one attached hydrogen (secondary N) is 1. The van der Waals surface area contributed by atoms with E-state index in [1.807, 2.05) is 42.5 Å². The Labute approximate surface area is 116 Å². The fourth-order valence-electron chi connectivity index (χ4n) is 1.94. The maximum Gasteiger partial charge on any atom is 0.226 e. The van der Waals surface area contributed by atoms with E-state index in [4.69, 9.17) is 15.6 Å². The molecule has 0 amide bonds. The Bertz CT molecular complexity index is 730. The molecule has 3 rings (SSSR count). The molecule has 4 heteroatoms. The van der Waals surface area contributed by atoms with Gasteiger partial charge in [-0.05, 0) is 12.1 Å². The molecule has 0 saturated heterocycles. The predicted molar refractivity (Wildman–Crippen MR) is 78.4 cm³/mol. The number of hydrogen-bond acceptors (Lipinski definition) is 3. The van der Waals surface area contributed by atoms with E-state index >= 15 is 0 Å². The monoisotopic (exact) mass is 263 g/mol. The molecule has 1 aromatic heterocycles. The van der Waals surface area contributed by atoms with Crippen LogP contribution >= 0.6 is 0 Å². The summed E-state index contributed by atoms with van der Waals surface area (Å²) in [4.78, 5) is 4.47. The van der Waals surface area contributed by atoms with E-state index in [0.29, 0.717) is 11.5 Å². The molecule has 0 atom stereocenters. The highest BCUT2D eigenvalue weighted by Gasteiger charge is 2.08. The van der Waals surface area contributed by atoms with Crippen molar-refractivity contribution in [3.63, 3.8) is 0 Å². The zero-order chi connectivity index (χ0) is 13.9. The third-order valence-corrected chi connectivity index (χ3v) is 3.02. The van der Waals surface area contributed by atoms with Gasteiger partial charge in [-0.15, -0.1) is 0 Å². The third kappa shape index (κ3) is 2.31. The Hall–Kier alpha value is -2.88. The van der Waals surface area contributed by atoms with Crippen LogP contribution in [0.15, 0.2) is 65.3 Å². The molecule has 0 saturated carbocycles. The molecule has 20 heavy (non-hydrogen) atoms. The second-order valence-corrected chi connectivity index (χ2v) is 4.39. The molecule has 0 radical (unpaired) electrons. The van der Waals surface area contributed by atoms with E-state index in [9.17, 15) is 0 Å².